The Morgan fingerprint density at radius 1 is 0.317 bits per heavy atom. The third kappa shape index (κ3) is 11.7. The summed E-state index contributed by atoms with van der Waals surface area (Å²) in [5.41, 5.74) is 35.7. The highest BCUT2D eigenvalue weighted by Crippen LogP contribution is 2.85. The molecule has 0 unspecified atom stereocenters. The van der Waals surface area contributed by atoms with E-state index >= 15 is 0 Å². The highest BCUT2D eigenvalue weighted by Gasteiger charge is 2.77. The van der Waals surface area contributed by atoms with E-state index in [1.54, 1.807) is 73.7 Å². The van der Waals surface area contributed by atoms with Gasteiger partial charge < -0.3 is 9.47 Å². The lowest BCUT2D eigenvalue weighted by molar-refractivity contribution is -0.139. The molecule has 640 valence electrons. The van der Waals surface area contributed by atoms with Crippen LogP contribution in [0.5, 0.6) is 5.75 Å². The summed E-state index contributed by atoms with van der Waals surface area (Å²) in [5, 5.41) is 2.68. The fourth-order valence-corrected chi connectivity index (χ4v) is 32.5. The van der Waals surface area contributed by atoms with Crippen LogP contribution in [0.3, 0.4) is 0 Å². The smallest absolute Gasteiger partial charge is 0.333 e. The highest BCUT2D eigenvalue weighted by atomic mass is 32.1. The van der Waals surface area contributed by atoms with Crippen LogP contribution in [0, 0.1) is 50.2 Å². The monoisotopic (exact) mass is 1650 g/mol. The number of hydrogen-bond acceptors (Lipinski definition) is 4. The number of aryl methyl sites for hydroxylation is 1. The zero-order valence-corrected chi connectivity index (χ0v) is 78.4. The van der Waals surface area contributed by atoms with Gasteiger partial charge in [0.2, 0.25) is 0 Å². The van der Waals surface area contributed by atoms with Crippen molar-refractivity contribution < 1.29 is 14.3 Å². The van der Waals surface area contributed by atoms with E-state index in [9.17, 15) is 4.79 Å². The van der Waals surface area contributed by atoms with Crippen LogP contribution in [-0.4, -0.2) is 19.2 Å². The molecule has 10 aliphatic carbocycles. The van der Waals surface area contributed by atoms with Crippen molar-refractivity contribution in [2.24, 2.45) is 43.3 Å². The van der Waals surface area contributed by atoms with Gasteiger partial charge in [-0.05, 0) is 397 Å². The molecule has 0 atom stereocenters. The first-order valence-corrected chi connectivity index (χ1v) is 50.2. The summed E-state index contributed by atoms with van der Waals surface area (Å²) in [5.74, 6) is 0.665. The van der Waals surface area contributed by atoms with Crippen LogP contribution in [0.15, 0.2) is 182 Å². The second-order valence-electron chi connectivity index (χ2n) is 44.3. The predicted octanol–water partition coefficient (Wildman–Crippen LogP) is 34.1. The van der Waals surface area contributed by atoms with E-state index in [-0.39, 0.29) is 70.9 Å². The topological polar surface area (TPSA) is 35.5 Å². The van der Waals surface area contributed by atoms with Crippen molar-refractivity contribution in [1.29, 1.82) is 0 Å². The fraction of sp³-hybridized carbons (Fsp3) is 0.504. The summed E-state index contributed by atoms with van der Waals surface area (Å²) in [7, 11) is 0. The molecule has 0 N–H and O–H groups in total. The molecule has 4 heteroatoms. The molecule has 20 rings (SSSR count). The molecule has 0 saturated heterocycles. The maximum absolute atomic E-state index is 11.7. The number of ether oxygens (including phenoxy) is 2. The van der Waals surface area contributed by atoms with E-state index in [2.05, 4.69) is 266 Å². The average Bonchev–Trinajstić information content (AvgIpc) is 1.45. The van der Waals surface area contributed by atoms with Crippen LogP contribution >= 0.6 is 11.3 Å². The predicted molar refractivity (Wildman–Crippen MR) is 520 cm³/mol. The summed E-state index contributed by atoms with van der Waals surface area (Å²) < 4.78 is 11.6. The van der Waals surface area contributed by atoms with E-state index in [0.717, 1.165) is 31.6 Å². The van der Waals surface area contributed by atoms with Crippen LogP contribution < -0.4 is 4.74 Å². The zero-order valence-electron chi connectivity index (χ0n) is 77.5. The first-order valence-electron chi connectivity index (χ1n) is 49.4. The first-order chi connectivity index (χ1) is 59.3. The number of unbranched alkanes of at least 4 members (excludes halogenated alkanes) is 11. The molecular weight excluding hydrogens is 1510 g/mol. The van der Waals surface area contributed by atoms with Gasteiger partial charge in [0.1, 0.15) is 5.75 Å². The fourth-order valence-electron chi connectivity index (χ4n) is 31.5. The van der Waals surface area contributed by atoms with Gasteiger partial charge in [-0.25, -0.2) is 4.79 Å². The largest absolute Gasteiger partial charge is 0.494 e. The van der Waals surface area contributed by atoms with Gasteiger partial charge >= 0.3 is 5.97 Å². The molecular formula is C119H140O3S. The number of thiophene rings is 1. The minimum absolute atomic E-state index is 0.000389. The van der Waals surface area contributed by atoms with Crippen LogP contribution in [0.1, 0.15) is 346 Å². The summed E-state index contributed by atoms with van der Waals surface area (Å²) >= 11 is 1.93. The maximum atomic E-state index is 11.7. The Kier molecular flexibility index (Phi) is 20.5. The van der Waals surface area contributed by atoms with E-state index < -0.39 is 0 Å². The quantitative estimate of drug-likeness (QED) is 0.0266. The van der Waals surface area contributed by atoms with Crippen molar-refractivity contribution in [2.75, 3.05) is 13.2 Å². The summed E-state index contributed by atoms with van der Waals surface area (Å²) in [6.07, 6.45) is 40.1. The van der Waals surface area contributed by atoms with Crippen LogP contribution in [0.2, 0.25) is 0 Å². The van der Waals surface area contributed by atoms with Crippen LogP contribution in [0.4, 0.5) is 0 Å². The summed E-state index contributed by atoms with van der Waals surface area (Å²) in [6.45, 7) is 40.0. The maximum Gasteiger partial charge on any atom is 0.333 e. The van der Waals surface area contributed by atoms with Crippen molar-refractivity contribution in [3.05, 3.63) is 232 Å². The Balaban J connectivity index is 0.673. The Hall–Kier alpha value is -8.05. The van der Waals surface area contributed by atoms with Gasteiger partial charge in [-0.1, -0.05) is 264 Å². The molecule has 1 heterocycles. The standard InChI is InChI=1S/C119H140O3S/c1-16-20-50-112-58-60-113(61-59-112,51-21-17-2)118(112)99-71-84(83-35-34-81-68-79(7)32-33-82(81)69-83)38-45-91(99)95-76-104-96(77-103(95)118)92-46-40-86(72-100(92)119(104)114(52-22-18-3)62-64-115(119,65-63-114)53-23-19-4)85-39-44-89-93-74-102-94(75-101(93)116(97(89)70-85)108(8,9)54-55-109(116,10)11)90-47-41-87(73-98(90)117(102)110(12,13)56-57-111(117,14)15)106-49-48-105(123-106)80-36-42-88(43-37-80)121-66-30-28-26-24-25-27-29-31-67-122-107(120)78(5)6/h32-49,68-77H,5,16-31,50-67H2,1-4,6-15H3. The van der Waals surface area contributed by atoms with Crippen molar-refractivity contribution >= 4 is 28.1 Å². The first kappa shape index (κ1) is 83.2. The molecule has 6 fully saturated rings. The molecule has 3 nitrogen and oxygen atoms in total. The molecule has 0 amide bonds. The normalized spacial score (nSPS) is 25.3. The number of fused-ring (bicyclic) bond motifs is 17. The van der Waals surface area contributed by atoms with Gasteiger partial charge in [-0.2, -0.15) is 0 Å². The SMILES string of the molecule is C=C(C)C(=O)OCCCCCCCCCCOc1ccc(-c2ccc(-c3ccc4c(c3)C3(c5cc6c(cc5-4)C4(c5cc(-c7ccc8c(c7)C7(c9cc%10c(cc9-8)C8(c9cc(-c%11ccc%12cc(C)ccc%12c%11)ccc9-%10)C9(CCCC)CCC8(CCCC)CC9)C8(CCCC)CCC7(CCCC)CC8)ccc5-6)C(C)(C)CCC4(C)C)C(C)(C)CCC3(C)C)s2)cc1. The number of carbonyl (C=O) groups excluding carboxylic acids is 1. The molecule has 1 aromatic heterocycles. The molecule has 6 saturated carbocycles. The summed E-state index contributed by atoms with van der Waals surface area (Å²) in [6, 6.07) is 71.9. The number of carbonyl (C=O) groups is 1. The average molecular weight is 1650 g/mol. The van der Waals surface area contributed by atoms with Crippen molar-refractivity contribution in [3.8, 4) is 93.4 Å². The third-order valence-electron chi connectivity index (χ3n) is 36.7. The lowest BCUT2D eigenvalue weighted by atomic mass is 9.52. The van der Waals surface area contributed by atoms with Gasteiger partial charge in [0.25, 0.3) is 0 Å². The number of esters is 1. The minimum Gasteiger partial charge on any atom is -0.494 e. The van der Waals surface area contributed by atoms with Gasteiger partial charge in [-0.3, -0.25) is 0 Å². The lowest BCUT2D eigenvalue weighted by Crippen LogP contribution is -2.47. The molecule has 4 bridgehead atoms. The second kappa shape index (κ2) is 30.3. The highest BCUT2D eigenvalue weighted by molar-refractivity contribution is 7.18. The van der Waals surface area contributed by atoms with Gasteiger partial charge in [0, 0.05) is 37.0 Å². The molecule has 0 aliphatic heterocycles. The Morgan fingerprint density at radius 2 is 0.626 bits per heavy atom. The molecule has 10 aromatic rings. The van der Waals surface area contributed by atoms with Crippen molar-refractivity contribution in [1.82, 2.24) is 0 Å². The van der Waals surface area contributed by atoms with E-state index in [1.807, 2.05) is 11.3 Å². The van der Waals surface area contributed by atoms with E-state index in [0.29, 0.717) is 12.2 Å². The third-order valence-corrected chi connectivity index (χ3v) is 37.9. The number of rotatable bonds is 29. The Bertz CT molecular complexity index is 5750. The molecule has 10 aliphatic rings. The van der Waals surface area contributed by atoms with E-state index in [4.69, 9.17) is 9.47 Å². The lowest BCUT2D eigenvalue weighted by Gasteiger charge is -2.50. The molecule has 4 spiro atoms. The number of benzene rings is 9. The molecule has 9 aromatic carbocycles. The summed E-state index contributed by atoms with van der Waals surface area (Å²) in [4.78, 5) is 14.3. The minimum atomic E-state index is -0.279. The molecule has 0 radical (unpaired) electrons. The Morgan fingerprint density at radius 3 is 1.02 bits per heavy atom. The van der Waals surface area contributed by atoms with Crippen molar-refractivity contribution in [3.63, 3.8) is 0 Å². The van der Waals surface area contributed by atoms with Crippen LogP contribution in [0.25, 0.3) is 98.4 Å². The Labute approximate surface area is 743 Å². The van der Waals surface area contributed by atoms with Gasteiger partial charge in [-0.15, -0.1) is 11.3 Å². The van der Waals surface area contributed by atoms with Gasteiger partial charge in [0.05, 0.1) is 13.2 Å². The second-order valence-corrected chi connectivity index (χ2v) is 45.4. The van der Waals surface area contributed by atoms with E-state index in [1.165, 1.54) is 268 Å². The number of hydrogen-bond donors (Lipinski definition) is 0. The zero-order chi connectivity index (χ0) is 85.3. The van der Waals surface area contributed by atoms with Gasteiger partial charge in [0.15, 0.2) is 0 Å². The molecule has 123 heavy (non-hydrogen) atoms. The van der Waals surface area contributed by atoms with Crippen molar-refractivity contribution in [2.45, 2.75) is 324 Å². The van der Waals surface area contributed by atoms with Crippen LogP contribution in [-0.2, 0) is 31.2 Å².